The van der Waals surface area contributed by atoms with Gasteiger partial charge in [0, 0.05) is 0 Å². The van der Waals surface area contributed by atoms with Crippen LogP contribution in [0.3, 0.4) is 0 Å². The van der Waals surface area contributed by atoms with Crippen LogP contribution in [0.25, 0.3) is 0 Å². The fraction of sp³-hybridized carbons (Fsp3) is 0.423. The van der Waals surface area contributed by atoms with Crippen LogP contribution < -0.4 is 0 Å². The van der Waals surface area contributed by atoms with Crippen LogP contribution in [0.4, 0.5) is 0 Å². The first-order chi connectivity index (χ1) is 16.8. The molecular weight excluding hydrogens is 470 g/mol. The number of hydrogen-bond donors (Lipinski definition) is 0. The Morgan fingerprint density at radius 3 is 1.57 bits per heavy atom. The van der Waals surface area contributed by atoms with Gasteiger partial charge in [-0.15, -0.1) is 26.3 Å². The Labute approximate surface area is 210 Å². The van der Waals surface area contributed by atoms with Gasteiger partial charge in [0.05, 0.1) is 69.7 Å². The van der Waals surface area contributed by atoms with Crippen molar-refractivity contribution in [2.75, 3.05) is 52.9 Å². The summed E-state index contributed by atoms with van der Waals surface area (Å²) in [4.78, 5) is 0.107. The van der Waals surface area contributed by atoms with Crippen molar-refractivity contribution >= 4 is 10.1 Å². The van der Waals surface area contributed by atoms with E-state index in [-0.39, 0.29) is 24.0 Å². The third-order valence-electron chi connectivity index (χ3n) is 3.94. The molecule has 0 radical (unpaired) electrons. The van der Waals surface area contributed by atoms with E-state index in [4.69, 9.17) is 28.4 Å². The standard InChI is InChI=1S/C16H22O5S.C10H15NO2/c1-4-10-19-12-15(13-20-11-5-2)21-22(17,18)16-8-6-14(3)7-9-16;1-3-5-12-8-10(7-11)9-13-6-4-2/h4-9,15H,1-2,10-13H2,3H3;3-4,10H,1-2,5-6,8-9H2. The van der Waals surface area contributed by atoms with Crippen LogP contribution in [-0.4, -0.2) is 67.4 Å². The molecule has 35 heavy (non-hydrogen) atoms. The van der Waals surface area contributed by atoms with Crippen LogP contribution in [0.15, 0.2) is 79.8 Å². The Hall–Kier alpha value is -2.58. The van der Waals surface area contributed by atoms with Gasteiger partial charge in [-0.2, -0.15) is 13.7 Å². The maximum Gasteiger partial charge on any atom is 0.297 e. The third-order valence-corrected chi connectivity index (χ3v) is 5.32. The maximum absolute atomic E-state index is 12.2. The van der Waals surface area contributed by atoms with Crippen molar-refractivity contribution in [3.05, 3.63) is 80.4 Å². The summed E-state index contributed by atoms with van der Waals surface area (Å²) in [5.74, 6) is -0.208. The number of ether oxygens (including phenoxy) is 4. The van der Waals surface area contributed by atoms with Gasteiger partial charge in [0.2, 0.25) is 0 Å². The first kappa shape index (κ1) is 32.4. The van der Waals surface area contributed by atoms with E-state index >= 15 is 0 Å². The molecule has 0 fully saturated rings. The highest BCUT2D eigenvalue weighted by molar-refractivity contribution is 7.86. The molecular formula is C26H37NO7S. The molecule has 194 valence electrons. The van der Waals surface area contributed by atoms with E-state index in [0.29, 0.717) is 39.6 Å². The van der Waals surface area contributed by atoms with Crippen molar-refractivity contribution in [3.8, 4) is 6.07 Å². The number of nitriles is 1. The number of benzene rings is 1. The minimum absolute atomic E-state index is 0.0915. The highest BCUT2D eigenvalue weighted by Gasteiger charge is 2.22. The molecule has 0 spiro atoms. The Balaban J connectivity index is 0.000000761. The third kappa shape index (κ3) is 16.6. The number of aryl methyl sites for hydroxylation is 1. The molecule has 0 aliphatic carbocycles. The molecule has 1 rings (SSSR count). The van der Waals surface area contributed by atoms with Crippen LogP contribution >= 0.6 is 0 Å². The van der Waals surface area contributed by atoms with E-state index in [2.05, 4.69) is 32.4 Å². The van der Waals surface area contributed by atoms with Crippen LogP contribution in [0, 0.1) is 24.2 Å². The lowest BCUT2D eigenvalue weighted by atomic mass is 10.2. The van der Waals surface area contributed by atoms with Crippen molar-refractivity contribution in [1.82, 2.24) is 0 Å². The summed E-state index contributed by atoms with van der Waals surface area (Å²) in [7, 11) is -3.86. The molecule has 0 unspecified atom stereocenters. The van der Waals surface area contributed by atoms with Gasteiger partial charge >= 0.3 is 0 Å². The summed E-state index contributed by atoms with van der Waals surface area (Å²) in [6.45, 7) is 18.5. The fourth-order valence-corrected chi connectivity index (χ4v) is 3.37. The first-order valence-electron chi connectivity index (χ1n) is 11.0. The second kappa shape index (κ2) is 20.8. The Bertz CT molecular complexity index is 848. The van der Waals surface area contributed by atoms with Crippen LogP contribution in [-0.2, 0) is 33.2 Å². The fourth-order valence-electron chi connectivity index (χ4n) is 2.32. The molecule has 0 atom stereocenters. The lowest BCUT2D eigenvalue weighted by molar-refractivity contribution is 0.0101. The lowest BCUT2D eigenvalue weighted by Gasteiger charge is -2.17. The normalized spacial score (nSPS) is 10.8. The molecule has 0 aromatic heterocycles. The van der Waals surface area contributed by atoms with Gasteiger partial charge in [0.25, 0.3) is 10.1 Å². The van der Waals surface area contributed by atoms with Crippen molar-refractivity contribution in [3.63, 3.8) is 0 Å². The van der Waals surface area contributed by atoms with Crippen molar-refractivity contribution in [1.29, 1.82) is 5.26 Å². The van der Waals surface area contributed by atoms with E-state index in [9.17, 15) is 8.42 Å². The maximum atomic E-state index is 12.2. The van der Waals surface area contributed by atoms with Crippen LogP contribution in [0.5, 0.6) is 0 Å². The van der Waals surface area contributed by atoms with Gasteiger partial charge in [-0.3, -0.25) is 4.18 Å². The predicted octanol–water partition coefficient (Wildman–Crippen LogP) is 4.01. The molecule has 0 bridgehead atoms. The predicted molar refractivity (Wildman–Crippen MR) is 136 cm³/mol. The second-order valence-corrected chi connectivity index (χ2v) is 8.69. The average Bonchev–Trinajstić information content (AvgIpc) is 2.84. The average molecular weight is 508 g/mol. The zero-order valence-corrected chi connectivity index (χ0v) is 21.3. The summed E-state index contributed by atoms with van der Waals surface area (Å²) in [6.07, 6.45) is 5.73. The molecule has 0 saturated heterocycles. The second-order valence-electron chi connectivity index (χ2n) is 7.12. The van der Waals surface area contributed by atoms with Gasteiger partial charge in [0.1, 0.15) is 6.10 Å². The molecule has 1 aromatic carbocycles. The highest BCUT2D eigenvalue weighted by atomic mass is 32.2. The monoisotopic (exact) mass is 507 g/mol. The van der Waals surface area contributed by atoms with Gasteiger partial charge in [-0.1, -0.05) is 42.0 Å². The summed E-state index contributed by atoms with van der Waals surface area (Å²) in [5, 5.41) is 8.66. The van der Waals surface area contributed by atoms with Crippen LogP contribution in [0.1, 0.15) is 5.56 Å². The summed E-state index contributed by atoms with van der Waals surface area (Å²) in [5.41, 5.74) is 0.971. The van der Waals surface area contributed by atoms with E-state index in [1.54, 1.807) is 36.4 Å². The quantitative estimate of drug-likeness (QED) is 0.157. The molecule has 0 N–H and O–H groups in total. The van der Waals surface area contributed by atoms with E-state index in [1.165, 1.54) is 12.1 Å². The largest absolute Gasteiger partial charge is 0.376 e. The van der Waals surface area contributed by atoms with Gasteiger partial charge in [-0.05, 0) is 19.1 Å². The van der Waals surface area contributed by atoms with E-state index in [1.807, 2.05) is 6.92 Å². The van der Waals surface area contributed by atoms with Crippen molar-refractivity contribution in [2.45, 2.75) is 17.9 Å². The molecule has 0 saturated carbocycles. The summed E-state index contributed by atoms with van der Waals surface area (Å²) >= 11 is 0. The van der Waals surface area contributed by atoms with E-state index in [0.717, 1.165) is 5.56 Å². The Kier molecular flexibility index (Phi) is 19.2. The van der Waals surface area contributed by atoms with E-state index < -0.39 is 16.2 Å². The topological polar surface area (TPSA) is 104 Å². The molecule has 0 amide bonds. The van der Waals surface area contributed by atoms with Gasteiger partial charge in [0.15, 0.2) is 0 Å². The minimum atomic E-state index is -3.86. The number of hydrogen-bond acceptors (Lipinski definition) is 8. The molecule has 0 heterocycles. The molecule has 0 aliphatic heterocycles. The van der Waals surface area contributed by atoms with Gasteiger partial charge < -0.3 is 18.9 Å². The molecule has 8 nitrogen and oxygen atoms in total. The summed E-state index contributed by atoms with van der Waals surface area (Å²) < 4.78 is 50.5. The minimum Gasteiger partial charge on any atom is -0.376 e. The SMILES string of the molecule is C=CCOCC(C#N)COCC=C.C=CCOCC(COCC=C)OS(=O)(=O)c1ccc(C)cc1. The lowest BCUT2D eigenvalue weighted by Crippen LogP contribution is -2.29. The van der Waals surface area contributed by atoms with Crippen molar-refractivity contribution in [2.24, 2.45) is 5.92 Å². The Morgan fingerprint density at radius 2 is 1.20 bits per heavy atom. The van der Waals surface area contributed by atoms with Gasteiger partial charge in [-0.25, -0.2) is 0 Å². The zero-order chi connectivity index (χ0) is 26.4. The molecule has 9 heteroatoms. The number of nitrogens with zero attached hydrogens (tertiary/aromatic N) is 1. The van der Waals surface area contributed by atoms with Crippen molar-refractivity contribution < 1.29 is 31.5 Å². The molecule has 1 aromatic rings. The first-order valence-corrected chi connectivity index (χ1v) is 12.4. The zero-order valence-electron chi connectivity index (χ0n) is 20.5. The summed E-state index contributed by atoms with van der Waals surface area (Å²) in [6, 6.07) is 8.55. The Morgan fingerprint density at radius 1 is 0.800 bits per heavy atom. The highest BCUT2D eigenvalue weighted by Crippen LogP contribution is 2.15. The number of rotatable bonds is 19. The molecule has 0 aliphatic rings. The smallest absolute Gasteiger partial charge is 0.297 e. The van der Waals surface area contributed by atoms with Crippen LogP contribution in [0.2, 0.25) is 0 Å².